The first kappa shape index (κ1) is 13.1. The van der Waals surface area contributed by atoms with Gasteiger partial charge in [-0.3, -0.25) is 4.79 Å². The summed E-state index contributed by atoms with van der Waals surface area (Å²) in [6.45, 7) is 2.09. The lowest BCUT2D eigenvalue weighted by atomic mass is 10.2. The van der Waals surface area contributed by atoms with Crippen molar-refractivity contribution in [2.24, 2.45) is 0 Å². The second-order valence-electron chi connectivity index (χ2n) is 4.35. The van der Waals surface area contributed by atoms with E-state index in [0.29, 0.717) is 31.7 Å². The molecule has 19 heavy (non-hydrogen) atoms. The Morgan fingerprint density at radius 2 is 1.84 bits per heavy atom. The molecule has 0 aliphatic carbocycles. The van der Waals surface area contributed by atoms with Crippen LogP contribution in [0.4, 0.5) is 10.6 Å². The van der Waals surface area contributed by atoms with E-state index in [1.54, 1.807) is 18.3 Å². The first-order valence-electron chi connectivity index (χ1n) is 5.96. The van der Waals surface area contributed by atoms with Gasteiger partial charge >= 0.3 is 12.1 Å². The summed E-state index contributed by atoms with van der Waals surface area (Å²) in [5.74, 6) is -0.135. The van der Waals surface area contributed by atoms with Crippen LogP contribution in [-0.2, 0) is 11.2 Å². The molecular formula is C12H15N3O4. The maximum absolute atomic E-state index is 10.8. The zero-order valence-corrected chi connectivity index (χ0v) is 10.3. The average Bonchev–Trinajstić information content (AvgIpc) is 2.39. The van der Waals surface area contributed by atoms with E-state index in [-0.39, 0.29) is 6.42 Å². The van der Waals surface area contributed by atoms with Crippen molar-refractivity contribution >= 4 is 17.9 Å². The molecule has 1 aliphatic rings. The number of piperazine rings is 1. The summed E-state index contributed by atoms with van der Waals surface area (Å²) in [7, 11) is 0. The van der Waals surface area contributed by atoms with Gasteiger partial charge in [0.1, 0.15) is 5.82 Å². The Hall–Kier alpha value is -2.31. The van der Waals surface area contributed by atoms with Gasteiger partial charge in [-0.2, -0.15) is 0 Å². The minimum atomic E-state index is -0.899. The smallest absolute Gasteiger partial charge is 0.407 e. The lowest BCUT2D eigenvalue weighted by Gasteiger charge is -2.33. The van der Waals surface area contributed by atoms with Crippen LogP contribution in [0.25, 0.3) is 0 Å². The van der Waals surface area contributed by atoms with Crippen molar-refractivity contribution in [2.75, 3.05) is 31.1 Å². The number of carboxylic acids is 1. The molecule has 1 amide bonds. The average molecular weight is 265 g/mol. The van der Waals surface area contributed by atoms with Gasteiger partial charge in [-0.15, -0.1) is 0 Å². The fourth-order valence-electron chi connectivity index (χ4n) is 2.01. The van der Waals surface area contributed by atoms with Gasteiger partial charge < -0.3 is 20.0 Å². The molecular weight excluding hydrogens is 250 g/mol. The van der Waals surface area contributed by atoms with Crippen LogP contribution in [-0.4, -0.2) is 58.3 Å². The number of rotatable bonds is 3. The predicted octanol–water partition coefficient (Wildman–Crippen LogP) is 0.509. The highest BCUT2D eigenvalue weighted by Gasteiger charge is 2.20. The van der Waals surface area contributed by atoms with E-state index in [4.69, 9.17) is 10.2 Å². The van der Waals surface area contributed by atoms with E-state index < -0.39 is 12.1 Å². The molecule has 7 nitrogen and oxygen atoms in total. The van der Waals surface area contributed by atoms with Crippen LogP contribution in [0.15, 0.2) is 18.3 Å². The van der Waals surface area contributed by atoms with Gasteiger partial charge in [0.2, 0.25) is 0 Å². The monoisotopic (exact) mass is 265 g/mol. The molecule has 0 aromatic carbocycles. The summed E-state index contributed by atoms with van der Waals surface area (Å²) in [6, 6.07) is 3.51. The highest BCUT2D eigenvalue weighted by Crippen LogP contribution is 2.14. The van der Waals surface area contributed by atoms with Crippen molar-refractivity contribution < 1.29 is 19.8 Å². The molecule has 1 aromatic rings. The van der Waals surface area contributed by atoms with Crippen molar-refractivity contribution in [3.05, 3.63) is 23.9 Å². The zero-order valence-electron chi connectivity index (χ0n) is 10.3. The molecule has 0 spiro atoms. The Morgan fingerprint density at radius 1 is 1.16 bits per heavy atom. The van der Waals surface area contributed by atoms with E-state index >= 15 is 0 Å². The van der Waals surface area contributed by atoms with E-state index in [9.17, 15) is 9.59 Å². The maximum Gasteiger partial charge on any atom is 0.407 e. The number of hydrogen-bond donors (Lipinski definition) is 2. The second-order valence-corrected chi connectivity index (χ2v) is 4.35. The normalized spacial score (nSPS) is 15.4. The number of aliphatic carboxylic acids is 1. The topological polar surface area (TPSA) is 94.0 Å². The van der Waals surface area contributed by atoms with E-state index in [1.807, 2.05) is 4.90 Å². The SMILES string of the molecule is O=C(O)Cc1ccc(N2CCN(C(=O)O)CC2)nc1. The van der Waals surface area contributed by atoms with Crippen molar-refractivity contribution in [3.8, 4) is 0 Å². The first-order chi connectivity index (χ1) is 9.06. The fraction of sp³-hybridized carbons (Fsp3) is 0.417. The Bertz CT molecular complexity index is 466. The van der Waals surface area contributed by atoms with Gasteiger partial charge in [0.05, 0.1) is 6.42 Å². The molecule has 1 aromatic heterocycles. The summed E-state index contributed by atoms with van der Waals surface area (Å²) >= 11 is 0. The third-order valence-electron chi connectivity index (χ3n) is 3.04. The first-order valence-corrected chi connectivity index (χ1v) is 5.96. The maximum atomic E-state index is 10.8. The van der Waals surface area contributed by atoms with E-state index in [2.05, 4.69) is 4.98 Å². The predicted molar refractivity (Wildman–Crippen MR) is 67.4 cm³/mol. The molecule has 0 bridgehead atoms. The van der Waals surface area contributed by atoms with Gasteiger partial charge in [0, 0.05) is 32.4 Å². The van der Waals surface area contributed by atoms with Crippen molar-refractivity contribution in [1.82, 2.24) is 9.88 Å². The minimum absolute atomic E-state index is 0.0416. The van der Waals surface area contributed by atoms with E-state index in [1.165, 1.54) is 4.90 Å². The number of aromatic nitrogens is 1. The third-order valence-corrected chi connectivity index (χ3v) is 3.04. The zero-order chi connectivity index (χ0) is 13.8. The number of nitrogens with zero attached hydrogens (tertiary/aromatic N) is 3. The number of hydrogen-bond acceptors (Lipinski definition) is 4. The van der Waals surface area contributed by atoms with Crippen molar-refractivity contribution in [2.45, 2.75) is 6.42 Å². The number of anilines is 1. The van der Waals surface area contributed by atoms with Gasteiger partial charge in [0.25, 0.3) is 0 Å². The molecule has 102 valence electrons. The Kier molecular flexibility index (Phi) is 3.84. The van der Waals surface area contributed by atoms with Gasteiger partial charge in [-0.1, -0.05) is 6.07 Å². The fourth-order valence-corrected chi connectivity index (χ4v) is 2.01. The highest BCUT2D eigenvalue weighted by atomic mass is 16.4. The number of amides is 1. The Labute approximate surface area is 110 Å². The second kappa shape index (κ2) is 5.55. The summed E-state index contributed by atoms with van der Waals surface area (Å²) in [5.41, 5.74) is 0.653. The Balaban J connectivity index is 1.96. The van der Waals surface area contributed by atoms with E-state index in [0.717, 1.165) is 5.82 Å². The van der Waals surface area contributed by atoms with Crippen molar-refractivity contribution in [1.29, 1.82) is 0 Å². The van der Waals surface area contributed by atoms with Crippen LogP contribution in [0.5, 0.6) is 0 Å². The van der Waals surface area contributed by atoms with Gasteiger partial charge in [0.15, 0.2) is 0 Å². The van der Waals surface area contributed by atoms with Crippen LogP contribution in [0.1, 0.15) is 5.56 Å². The number of carbonyl (C=O) groups is 2. The number of pyridine rings is 1. The van der Waals surface area contributed by atoms with Crippen LogP contribution in [0, 0.1) is 0 Å². The molecule has 1 aliphatic heterocycles. The van der Waals surface area contributed by atoms with Crippen LogP contribution in [0.3, 0.4) is 0 Å². The molecule has 1 fully saturated rings. The highest BCUT2D eigenvalue weighted by molar-refractivity contribution is 5.70. The molecule has 1 saturated heterocycles. The molecule has 7 heteroatoms. The largest absolute Gasteiger partial charge is 0.481 e. The van der Waals surface area contributed by atoms with Crippen LogP contribution >= 0.6 is 0 Å². The lowest BCUT2D eigenvalue weighted by Crippen LogP contribution is -2.48. The minimum Gasteiger partial charge on any atom is -0.481 e. The van der Waals surface area contributed by atoms with Crippen LogP contribution in [0.2, 0.25) is 0 Å². The standard InChI is InChI=1S/C12H15N3O4/c16-11(17)7-9-1-2-10(13-8-9)14-3-5-15(6-4-14)12(18)19/h1-2,8H,3-7H2,(H,16,17)(H,18,19). The molecule has 2 rings (SSSR count). The molecule has 0 saturated carbocycles. The molecule has 2 N–H and O–H groups in total. The molecule has 2 heterocycles. The quantitative estimate of drug-likeness (QED) is 0.827. The Morgan fingerprint density at radius 3 is 2.32 bits per heavy atom. The molecule has 0 atom stereocenters. The summed E-state index contributed by atoms with van der Waals surface area (Å²) in [4.78, 5) is 28.9. The number of carboxylic acid groups (broad SMARTS) is 2. The summed E-state index contributed by atoms with van der Waals surface area (Å²) in [5, 5.41) is 17.5. The molecule has 0 radical (unpaired) electrons. The molecule has 0 unspecified atom stereocenters. The van der Waals surface area contributed by atoms with Gasteiger partial charge in [-0.05, 0) is 11.6 Å². The lowest BCUT2D eigenvalue weighted by molar-refractivity contribution is -0.136. The summed E-state index contributed by atoms with van der Waals surface area (Å²) < 4.78 is 0. The summed E-state index contributed by atoms with van der Waals surface area (Å²) in [6.07, 6.45) is 0.608. The van der Waals surface area contributed by atoms with Gasteiger partial charge in [-0.25, -0.2) is 9.78 Å². The van der Waals surface area contributed by atoms with Crippen molar-refractivity contribution in [3.63, 3.8) is 0 Å². The van der Waals surface area contributed by atoms with Crippen LogP contribution < -0.4 is 4.90 Å². The third kappa shape index (κ3) is 3.34.